The first-order chi connectivity index (χ1) is 5.34. The fraction of sp³-hybridized carbons (Fsp3) is 0.375. The van der Waals surface area contributed by atoms with Gasteiger partial charge in [0.2, 0.25) is 0 Å². The van der Waals surface area contributed by atoms with Crippen molar-refractivity contribution in [2.24, 2.45) is 0 Å². The number of pyridine rings is 1. The second-order valence-corrected chi connectivity index (χ2v) is 3.59. The Kier molecular flexibility index (Phi) is 1.92. The number of halogens is 1. The van der Waals surface area contributed by atoms with Gasteiger partial charge in [-0.3, -0.25) is 4.98 Å². The van der Waals surface area contributed by atoms with Gasteiger partial charge in [0, 0.05) is 23.3 Å². The first-order valence-corrected chi connectivity index (χ1v) is 4.35. The van der Waals surface area contributed by atoms with Crippen LogP contribution in [-0.4, -0.2) is 17.7 Å². The van der Waals surface area contributed by atoms with Crippen molar-refractivity contribution < 1.29 is 4.74 Å². The van der Waals surface area contributed by atoms with E-state index in [2.05, 4.69) is 27.0 Å². The Bertz CT molecular complexity index is 260. The number of ether oxygens (including phenoxy) is 1. The van der Waals surface area contributed by atoms with E-state index in [1.54, 1.807) is 6.20 Å². The van der Waals surface area contributed by atoms with Crippen LogP contribution in [-0.2, 0) is 11.2 Å². The predicted octanol–water partition coefficient (Wildman–Crippen LogP) is 1.79. The van der Waals surface area contributed by atoms with Crippen LogP contribution >= 0.6 is 15.9 Å². The monoisotopic (exact) mass is 213 g/mol. The van der Waals surface area contributed by atoms with E-state index in [0.29, 0.717) is 6.10 Å². The van der Waals surface area contributed by atoms with Gasteiger partial charge in [-0.05, 0) is 27.6 Å². The first-order valence-electron chi connectivity index (χ1n) is 3.55. The van der Waals surface area contributed by atoms with E-state index in [0.717, 1.165) is 17.5 Å². The summed E-state index contributed by atoms with van der Waals surface area (Å²) in [5, 5.41) is 0. The summed E-state index contributed by atoms with van der Waals surface area (Å²) in [6.07, 6.45) is 5.11. The van der Waals surface area contributed by atoms with Crippen molar-refractivity contribution in [1.82, 2.24) is 4.98 Å². The van der Waals surface area contributed by atoms with Crippen LogP contribution in [0.15, 0.2) is 22.9 Å². The molecule has 58 valence electrons. The van der Waals surface area contributed by atoms with Gasteiger partial charge < -0.3 is 4.74 Å². The summed E-state index contributed by atoms with van der Waals surface area (Å²) in [5.41, 5.74) is 1.24. The molecule has 0 radical (unpaired) electrons. The SMILES string of the molecule is Brc1cncc(CC2CO2)c1. The van der Waals surface area contributed by atoms with Crippen LogP contribution in [0.5, 0.6) is 0 Å². The topological polar surface area (TPSA) is 25.4 Å². The molecule has 1 saturated heterocycles. The summed E-state index contributed by atoms with van der Waals surface area (Å²) in [4.78, 5) is 4.06. The largest absolute Gasteiger partial charge is 0.373 e. The number of hydrogen-bond acceptors (Lipinski definition) is 2. The molecule has 2 heterocycles. The quantitative estimate of drug-likeness (QED) is 0.701. The molecule has 1 aromatic heterocycles. The molecule has 0 aliphatic carbocycles. The molecule has 0 aromatic carbocycles. The molecule has 11 heavy (non-hydrogen) atoms. The normalized spacial score (nSPS) is 21.7. The van der Waals surface area contributed by atoms with Gasteiger partial charge in [-0.25, -0.2) is 0 Å². The van der Waals surface area contributed by atoms with E-state index in [-0.39, 0.29) is 0 Å². The molecule has 1 aliphatic rings. The van der Waals surface area contributed by atoms with Gasteiger partial charge in [0.05, 0.1) is 12.7 Å². The highest BCUT2D eigenvalue weighted by Gasteiger charge is 2.22. The van der Waals surface area contributed by atoms with Crippen LogP contribution in [0.4, 0.5) is 0 Å². The van der Waals surface area contributed by atoms with E-state index in [9.17, 15) is 0 Å². The maximum Gasteiger partial charge on any atom is 0.0850 e. The van der Waals surface area contributed by atoms with Crippen molar-refractivity contribution >= 4 is 15.9 Å². The zero-order chi connectivity index (χ0) is 7.68. The van der Waals surface area contributed by atoms with Crippen LogP contribution in [0.3, 0.4) is 0 Å². The maximum atomic E-state index is 5.11. The van der Waals surface area contributed by atoms with Crippen molar-refractivity contribution in [3.8, 4) is 0 Å². The van der Waals surface area contributed by atoms with Gasteiger partial charge in [0.1, 0.15) is 0 Å². The Morgan fingerprint density at radius 2 is 2.45 bits per heavy atom. The molecule has 1 atom stereocenters. The zero-order valence-electron chi connectivity index (χ0n) is 5.96. The molecule has 1 unspecified atom stereocenters. The van der Waals surface area contributed by atoms with E-state index < -0.39 is 0 Å². The molecule has 2 nitrogen and oxygen atoms in total. The molecule has 0 spiro atoms. The zero-order valence-corrected chi connectivity index (χ0v) is 7.54. The molecule has 1 aromatic rings. The fourth-order valence-corrected chi connectivity index (χ4v) is 1.43. The van der Waals surface area contributed by atoms with E-state index in [1.807, 2.05) is 6.20 Å². The van der Waals surface area contributed by atoms with Crippen LogP contribution in [0.1, 0.15) is 5.56 Å². The van der Waals surface area contributed by atoms with Gasteiger partial charge in [0.15, 0.2) is 0 Å². The third-order valence-corrected chi connectivity index (χ3v) is 2.06. The third kappa shape index (κ3) is 2.01. The second-order valence-electron chi connectivity index (χ2n) is 2.67. The standard InChI is InChI=1S/C8H8BrNO/c9-7-1-6(3-10-4-7)2-8-5-11-8/h1,3-4,8H,2,5H2. The Morgan fingerprint density at radius 3 is 3.09 bits per heavy atom. The van der Waals surface area contributed by atoms with Gasteiger partial charge >= 0.3 is 0 Å². The van der Waals surface area contributed by atoms with Gasteiger partial charge in [0.25, 0.3) is 0 Å². The molecule has 0 bridgehead atoms. The van der Waals surface area contributed by atoms with E-state index in [4.69, 9.17) is 4.74 Å². The predicted molar refractivity (Wildman–Crippen MR) is 45.4 cm³/mol. The Hall–Kier alpha value is -0.410. The molecule has 1 aliphatic heterocycles. The number of nitrogens with zero attached hydrogens (tertiary/aromatic N) is 1. The van der Waals surface area contributed by atoms with Crippen molar-refractivity contribution in [2.45, 2.75) is 12.5 Å². The highest BCUT2D eigenvalue weighted by Crippen LogP contribution is 2.17. The summed E-state index contributed by atoms with van der Waals surface area (Å²) >= 11 is 3.37. The molecule has 1 fully saturated rings. The minimum absolute atomic E-state index is 0.450. The van der Waals surface area contributed by atoms with Crippen molar-refractivity contribution in [3.63, 3.8) is 0 Å². The summed E-state index contributed by atoms with van der Waals surface area (Å²) in [6.45, 7) is 0.909. The minimum atomic E-state index is 0.450. The number of rotatable bonds is 2. The number of hydrogen-bond donors (Lipinski definition) is 0. The number of aromatic nitrogens is 1. The maximum absolute atomic E-state index is 5.11. The second kappa shape index (κ2) is 2.91. The summed E-state index contributed by atoms with van der Waals surface area (Å²) in [7, 11) is 0. The lowest BCUT2D eigenvalue weighted by atomic mass is 10.2. The van der Waals surface area contributed by atoms with Crippen LogP contribution in [0.2, 0.25) is 0 Å². The Balaban J connectivity index is 2.10. The summed E-state index contributed by atoms with van der Waals surface area (Å²) < 4.78 is 6.15. The van der Waals surface area contributed by atoms with Gasteiger partial charge in [-0.2, -0.15) is 0 Å². The lowest BCUT2D eigenvalue weighted by Gasteiger charge is -1.96. The molecular formula is C8H8BrNO. The highest BCUT2D eigenvalue weighted by molar-refractivity contribution is 9.10. The summed E-state index contributed by atoms with van der Waals surface area (Å²) in [6, 6.07) is 2.08. The average Bonchev–Trinajstić information content (AvgIpc) is 2.71. The fourth-order valence-electron chi connectivity index (χ4n) is 1.02. The van der Waals surface area contributed by atoms with E-state index in [1.165, 1.54) is 5.56 Å². The number of epoxide rings is 1. The summed E-state index contributed by atoms with van der Waals surface area (Å²) in [5.74, 6) is 0. The smallest absolute Gasteiger partial charge is 0.0850 e. The van der Waals surface area contributed by atoms with Crippen LogP contribution in [0, 0.1) is 0 Å². The molecule has 0 saturated carbocycles. The van der Waals surface area contributed by atoms with Crippen molar-refractivity contribution in [1.29, 1.82) is 0 Å². The van der Waals surface area contributed by atoms with Crippen molar-refractivity contribution in [3.05, 3.63) is 28.5 Å². The van der Waals surface area contributed by atoms with E-state index >= 15 is 0 Å². The molecular weight excluding hydrogens is 206 g/mol. The molecule has 0 N–H and O–H groups in total. The Morgan fingerprint density at radius 1 is 1.64 bits per heavy atom. The molecule has 0 amide bonds. The van der Waals surface area contributed by atoms with Crippen molar-refractivity contribution in [2.75, 3.05) is 6.61 Å². The third-order valence-electron chi connectivity index (χ3n) is 1.63. The van der Waals surface area contributed by atoms with Crippen LogP contribution < -0.4 is 0 Å². The average molecular weight is 214 g/mol. The highest BCUT2D eigenvalue weighted by atomic mass is 79.9. The molecule has 2 rings (SSSR count). The van der Waals surface area contributed by atoms with Crippen LogP contribution in [0.25, 0.3) is 0 Å². The minimum Gasteiger partial charge on any atom is -0.373 e. The first kappa shape index (κ1) is 7.25. The van der Waals surface area contributed by atoms with Gasteiger partial charge in [-0.15, -0.1) is 0 Å². The lowest BCUT2D eigenvalue weighted by Crippen LogP contribution is -1.93. The van der Waals surface area contributed by atoms with Gasteiger partial charge in [-0.1, -0.05) is 0 Å². The lowest BCUT2D eigenvalue weighted by molar-refractivity contribution is 0.407. The Labute approximate surface area is 73.7 Å². The molecule has 3 heteroatoms.